The molecule has 0 atom stereocenters. The molecule has 152 valence electrons. The van der Waals surface area contributed by atoms with Crippen LogP contribution < -0.4 is 14.8 Å². The third kappa shape index (κ3) is 5.23. The van der Waals surface area contributed by atoms with Crippen molar-refractivity contribution in [1.29, 1.82) is 0 Å². The van der Waals surface area contributed by atoms with E-state index in [1.165, 1.54) is 19.2 Å². The van der Waals surface area contributed by atoms with Crippen molar-refractivity contribution in [3.8, 4) is 5.75 Å². The largest absolute Gasteiger partial charge is 0.495 e. The molecule has 0 bridgehead atoms. The number of anilines is 1. The summed E-state index contributed by atoms with van der Waals surface area (Å²) >= 11 is 0. The highest BCUT2D eigenvalue weighted by Gasteiger charge is 2.30. The summed E-state index contributed by atoms with van der Waals surface area (Å²) < 4.78 is 70.2. The maximum Gasteiger partial charge on any atom is 0.416 e. The van der Waals surface area contributed by atoms with Crippen LogP contribution in [0.3, 0.4) is 0 Å². The van der Waals surface area contributed by atoms with Gasteiger partial charge in [0.1, 0.15) is 10.6 Å². The molecule has 0 saturated carbocycles. The molecular weight excluding hydrogens is 397 g/mol. The number of rotatable bonds is 6. The molecule has 10 heteroatoms. The Bertz CT molecular complexity index is 956. The number of carbonyl (C=O) groups excluding carboxylic acids is 1. The Morgan fingerprint density at radius 1 is 1.07 bits per heavy atom. The Labute approximate surface area is 160 Å². The normalized spacial score (nSPS) is 12.1. The van der Waals surface area contributed by atoms with Gasteiger partial charge in [0.25, 0.3) is 5.91 Å². The number of nitrogens with one attached hydrogen (secondary N) is 2. The highest BCUT2D eigenvalue weighted by atomic mass is 32.2. The Morgan fingerprint density at radius 3 is 2.18 bits per heavy atom. The van der Waals surface area contributed by atoms with Crippen molar-refractivity contribution >= 4 is 21.6 Å². The molecule has 2 aromatic carbocycles. The van der Waals surface area contributed by atoms with Crippen LogP contribution in [0.1, 0.15) is 29.8 Å². The summed E-state index contributed by atoms with van der Waals surface area (Å²) in [5.74, 6) is -0.623. The number of benzene rings is 2. The molecule has 0 heterocycles. The molecule has 1 amide bonds. The van der Waals surface area contributed by atoms with Gasteiger partial charge in [0.2, 0.25) is 10.0 Å². The first-order valence-electron chi connectivity index (χ1n) is 8.13. The average Bonchev–Trinajstić information content (AvgIpc) is 2.59. The van der Waals surface area contributed by atoms with Crippen molar-refractivity contribution in [3.63, 3.8) is 0 Å². The minimum atomic E-state index is -4.48. The molecule has 0 unspecified atom stereocenters. The fourth-order valence-electron chi connectivity index (χ4n) is 2.35. The Kier molecular flexibility index (Phi) is 6.35. The van der Waals surface area contributed by atoms with Gasteiger partial charge in [-0.1, -0.05) is 0 Å². The van der Waals surface area contributed by atoms with E-state index < -0.39 is 27.7 Å². The van der Waals surface area contributed by atoms with Gasteiger partial charge in [-0.15, -0.1) is 0 Å². The Balaban J connectivity index is 2.30. The molecular formula is C18H19F3N2O4S. The number of halogens is 3. The predicted molar refractivity (Wildman–Crippen MR) is 97.8 cm³/mol. The average molecular weight is 416 g/mol. The zero-order valence-electron chi connectivity index (χ0n) is 15.3. The monoisotopic (exact) mass is 416 g/mol. The van der Waals surface area contributed by atoms with E-state index in [9.17, 15) is 26.4 Å². The van der Waals surface area contributed by atoms with Crippen LogP contribution in [0.4, 0.5) is 18.9 Å². The number of sulfonamides is 1. The highest BCUT2D eigenvalue weighted by Crippen LogP contribution is 2.30. The van der Waals surface area contributed by atoms with Gasteiger partial charge in [-0.3, -0.25) is 4.79 Å². The maximum atomic E-state index is 12.6. The molecule has 0 aliphatic carbocycles. The zero-order chi connectivity index (χ0) is 21.1. The lowest BCUT2D eigenvalue weighted by atomic mass is 10.1. The second-order valence-corrected chi connectivity index (χ2v) is 7.85. The van der Waals surface area contributed by atoms with Gasteiger partial charge in [-0.2, -0.15) is 13.2 Å². The van der Waals surface area contributed by atoms with Crippen LogP contribution in [0.5, 0.6) is 5.75 Å². The van der Waals surface area contributed by atoms with Crippen molar-refractivity contribution in [1.82, 2.24) is 4.72 Å². The minimum Gasteiger partial charge on any atom is -0.495 e. The lowest BCUT2D eigenvalue weighted by Gasteiger charge is -2.14. The van der Waals surface area contributed by atoms with Gasteiger partial charge >= 0.3 is 6.18 Å². The van der Waals surface area contributed by atoms with E-state index >= 15 is 0 Å². The van der Waals surface area contributed by atoms with E-state index in [0.717, 1.165) is 30.3 Å². The number of alkyl halides is 3. The second-order valence-electron chi connectivity index (χ2n) is 6.17. The predicted octanol–water partition coefficient (Wildman–Crippen LogP) is 3.65. The van der Waals surface area contributed by atoms with Gasteiger partial charge in [0, 0.05) is 17.3 Å². The summed E-state index contributed by atoms with van der Waals surface area (Å²) in [6, 6.07) is 7.36. The summed E-state index contributed by atoms with van der Waals surface area (Å²) in [6.45, 7) is 3.29. The first kappa shape index (κ1) is 21.7. The van der Waals surface area contributed by atoms with E-state index in [2.05, 4.69) is 10.0 Å². The van der Waals surface area contributed by atoms with Gasteiger partial charge in [0.15, 0.2) is 0 Å². The summed E-state index contributed by atoms with van der Waals surface area (Å²) in [6.07, 6.45) is -4.48. The number of ether oxygens (including phenoxy) is 1. The van der Waals surface area contributed by atoms with Gasteiger partial charge in [-0.05, 0) is 56.3 Å². The molecule has 0 radical (unpaired) electrons. The van der Waals surface area contributed by atoms with E-state index in [-0.39, 0.29) is 27.9 Å². The van der Waals surface area contributed by atoms with Crippen LogP contribution in [-0.2, 0) is 16.2 Å². The lowest BCUT2D eigenvalue weighted by Crippen LogP contribution is -2.30. The first-order chi connectivity index (χ1) is 12.9. The van der Waals surface area contributed by atoms with Crippen molar-refractivity contribution < 1.29 is 31.1 Å². The van der Waals surface area contributed by atoms with Gasteiger partial charge < -0.3 is 10.1 Å². The van der Waals surface area contributed by atoms with E-state index in [1.807, 2.05) is 0 Å². The summed E-state index contributed by atoms with van der Waals surface area (Å²) in [7, 11) is -2.64. The van der Waals surface area contributed by atoms with Crippen LogP contribution >= 0.6 is 0 Å². The fourth-order valence-corrected chi connectivity index (χ4v) is 3.79. The quantitative estimate of drug-likeness (QED) is 0.753. The van der Waals surface area contributed by atoms with Crippen molar-refractivity contribution in [2.45, 2.75) is 31.0 Å². The Hall–Kier alpha value is -2.59. The minimum absolute atomic E-state index is 0.00447. The third-order valence-electron chi connectivity index (χ3n) is 3.58. The van der Waals surface area contributed by atoms with Crippen LogP contribution in [-0.4, -0.2) is 27.5 Å². The fraction of sp³-hybridized carbons (Fsp3) is 0.278. The molecule has 0 saturated heterocycles. The molecule has 0 aliphatic rings. The van der Waals surface area contributed by atoms with Crippen LogP contribution in [0.15, 0.2) is 47.4 Å². The molecule has 0 aliphatic heterocycles. The lowest BCUT2D eigenvalue weighted by molar-refractivity contribution is -0.137. The molecule has 2 aromatic rings. The topological polar surface area (TPSA) is 84.5 Å². The molecule has 28 heavy (non-hydrogen) atoms. The number of amides is 1. The van der Waals surface area contributed by atoms with E-state index in [4.69, 9.17) is 4.74 Å². The molecule has 0 spiro atoms. The number of hydrogen-bond donors (Lipinski definition) is 2. The molecule has 2 N–H and O–H groups in total. The van der Waals surface area contributed by atoms with Gasteiger partial charge in [-0.25, -0.2) is 13.1 Å². The standard InChI is InChI=1S/C18H19F3N2O4S/c1-11(2)23-28(25,26)16-10-12(4-9-15(16)27-3)17(24)22-14-7-5-13(6-8-14)18(19,20)21/h4-11,23H,1-3H3,(H,22,24). The maximum absolute atomic E-state index is 12.6. The van der Waals surface area contributed by atoms with E-state index in [1.54, 1.807) is 13.8 Å². The summed E-state index contributed by atoms with van der Waals surface area (Å²) in [5.41, 5.74) is -0.702. The van der Waals surface area contributed by atoms with Crippen molar-refractivity contribution in [2.24, 2.45) is 0 Å². The summed E-state index contributed by atoms with van der Waals surface area (Å²) in [4.78, 5) is 12.2. The van der Waals surface area contributed by atoms with Crippen molar-refractivity contribution in [2.75, 3.05) is 12.4 Å². The van der Waals surface area contributed by atoms with Crippen LogP contribution in [0.25, 0.3) is 0 Å². The van der Waals surface area contributed by atoms with E-state index in [0.29, 0.717) is 0 Å². The number of carbonyl (C=O) groups is 1. The Morgan fingerprint density at radius 2 is 1.68 bits per heavy atom. The first-order valence-corrected chi connectivity index (χ1v) is 9.61. The zero-order valence-corrected chi connectivity index (χ0v) is 16.1. The summed E-state index contributed by atoms with van der Waals surface area (Å²) in [5, 5.41) is 2.43. The SMILES string of the molecule is COc1ccc(C(=O)Nc2ccc(C(F)(F)F)cc2)cc1S(=O)(=O)NC(C)C. The molecule has 0 fully saturated rings. The van der Waals surface area contributed by atoms with Gasteiger partial charge in [0.05, 0.1) is 12.7 Å². The molecule has 2 rings (SSSR count). The highest BCUT2D eigenvalue weighted by molar-refractivity contribution is 7.89. The van der Waals surface area contributed by atoms with Crippen LogP contribution in [0.2, 0.25) is 0 Å². The smallest absolute Gasteiger partial charge is 0.416 e. The third-order valence-corrected chi connectivity index (χ3v) is 5.26. The number of hydrogen-bond acceptors (Lipinski definition) is 4. The number of methoxy groups -OCH3 is 1. The molecule has 6 nitrogen and oxygen atoms in total. The second kappa shape index (κ2) is 8.19. The van der Waals surface area contributed by atoms with Crippen molar-refractivity contribution in [3.05, 3.63) is 53.6 Å². The molecule has 0 aromatic heterocycles. The van der Waals surface area contributed by atoms with Crippen LogP contribution in [0, 0.1) is 0 Å².